The molecular weight excluding hydrogens is 292 g/mol. The summed E-state index contributed by atoms with van der Waals surface area (Å²) in [6.45, 7) is 6.77. The van der Waals surface area contributed by atoms with Gasteiger partial charge < -0.3 is 14.8 Å². The monoisotopic (exact) mass is 320 g/mol. The van der Waals surface area contributed by atoms with Crippen molar-refractivity contribution in [2.45, 2.75) is 82.7 Å². The molecule has 4 rings (SSSR count). The van der Waals surface area contributed by atoms with E-state index in [-0.39, 0.29) is 5.79 Å². The maximum Gasteiger partial charge on any atom is 0.168 e. The maximum absolute atomic E-state index is 5.82. The number of nitrogens with zero attached hydrogens (tertiary/aromatic N) is 3. The molecule has 1 aromatic rings. The fraction of sp³-hybridized carbons (Fsp3) is 0.882. The number of hydrogen-bond donors (Lipinski definition) is 1. The van der Waals surface area contributed by atoms with Crippen molar-refractivity contribution in [3.05, 3.63) is 11.6 Å². The number of aromatic nitrogens is 3. The minimum Gasteiger partial charge on any atom is -0.348 e. The second kappa shape index (κ2) is 6.15. The maximum atomic E-state index is 5.82. The van der Waals surface area contributed by atoms with E-state index in [1.54, 1.807) is 0 Å². The number of nitrogens with one attached hydrogen (secondary N) is 1. The lowest BCUT2D eigenvalue weighted by Crippen LogP contribution is -2.48. The fourth-order valence-electron chi connectivity index (χ4n) is 4.05. The summed E-state index contributed by atoms with van der Waals surface area (Å²) in [5, 5.41) is 8.52. The summed E-state index contributed by atoms with van der Waals surface area (Å²) < 4.78 is 13.8. The van der Waals surface area contributed by atoms with Crippen LogP contribution in [0.25, 0.3) is 0 Å². The van der Waals surface area contributed by atoms with E-state index < -0.39 is 0 Å². The third-order valence-corrected chi connectivity index (χ3v) is 5.42. The Balaban J connectivity index is 1.32. The summed E-state index contributed by atoms with van der Waals surface area (Å²) >= 11 is 0. The number of ether oxygens (including phenoxy) is 2. The zero-order chi connectivity index (χ0) is 15.9. The molecule has 0 amide bonds. The molecule has 3 heterocycles. The Hall–Kier alpha value is -0.980. The Morgan fingerprint density at radius 3 is 2.57 bits per heavy atom. The zero-order valence-electron chi connectivity index (χ0n) is 14.3. The molecule has 1 saturated carbocycles. The summed E-state index contributed by atoms with van der Waals surface area (Å²) in [5.74, 6) is 2.29. The Kier molecular flexibility index (Phi) is 4.15. The highest BCUT2D eigenvalue weighted by Gasteiger charge is 2.40. The van der Waals surface area contributed by atoms with Gasteiger partial charge in [0.15, 0.2) is 11.6 Å². The highest BCUT2D eigenvalue weighted by Crippen LogP contribution is 2.36. The fourth-order valence-corrected chi connectivity index (χ4v) is 4.05. The van der Waals surface area contributed by atoms with E-state index in [4.69, 9.17) is 9.47 Å². The number of hydrogen-bond acceptors (Lipinski definition) is 5. The molecule has 1 atom stereocenters. The van der Waals surface area contributed by atoms with Crippen LogP contribution >= 0.6 is 0 Å². The molecule has 1 saturated heterocycles. The molecule has 1 aromatic heterocycles. The van der Waals surface area contributed by atoms with E-state index in [0.29, 0.717) is 18.0 Å². The first-order valence-corrected chi connectivity index (χ1v) is 9.11. The second-order valence-electron chi connectivity index (χ2n) is 7.51. The van der Waals surface area contributed by atoms with Crippen LogP contribution in [0.1, 0.15) is 63.5 Å². The van der Waals surface area contributed by atoms with E-state index in [0.717, 1.165) is 69.9 Å². The van der Waals surface area contributed by atoms with Crippen molar-refractivity contribution in [3.63, 3.8) is 0 Å². The second-order valence-corrected chi connectivity index (χ2v) is 7.51. The van der Waals surface area contributed by atoms with Gasteiger partial charge in [-0.2, -0.15) is 5.10 Å². The van der Waals surface area contributed by atoms with Crippen molar-refractivity contribution in [1.82, 2.24) is 20.1 Å². The van der Waals surface area contributed by atoms with E-state index in [1.807, 2.05) is 0 Å². The summed E-state index contributed by atoms with van der Waals surface area (Å²) in [6, 6.07) is 1.08. The standard InChI is InChI=1S/C17H28N4O2/c1-12(2)16-19-15-4-3-14(11-21(15)20-16)18-13-5-7-17(8-6-13)22-9-10-23-17/h12-14,18H,3-11H2,1-2H3/t14-/m1/s1. The first-order chi connectivity index (χ1) is 11.1. The van der Waals surface area contributed by atoms with Crippen LogP contribution in [-0.2, 0) is 22.4 Å². The third kappa shape index (κ3) is 3.16. The van der Waals surface area contributed by atoms with Crippen molar-refractivity contribution in [1.29, 1.82) is 0 Å². The van der Waals surface area contributed by atoms with Crippen molar-refractivity contribution >= 4 is 0 Å². The highest BCUT2D eigenvalue weighted by atomic mass is 16.7. The normalized spacial score (nSPS) is 27.7. The summed E-state index contributed by atoms with van der Waals surface area (Å²) in [7, 11) is 0. The molecule has 1 spiro atoms. The van der Waals surface area contributed by atoms with Crippen molar-refractivity contribution in [2.24, 2.45) is 0 Å². The van der Waals surface area contributed by atoms with E-state index in [2.05, 4.69) is 33.9 Å². The molecule has 2 fully saturated rings. The van der Waals surface area contributed by atoms with Crippen LogP contribution in [0.4, 0.5) is 0 Å². The lowest BCUT2D eigenvalue weighted by molar-refractivity contribution is -0.179. The molecule has 0 aromatic carbocycles. The minimum absolute atomic E-state index is 0.254. The first kappa shape index (κ1) is 15.5. The van der Waals surface area contributed by atoms with Crippen molar-refractivity contribution in [3.8, 4) is 0 Å². The van der Waals surface area contributed by atoms with Crippen LogP contribution < -0.4 is 5.32 Å². The molecule has 0 bridgehead atoms. The van der Waals surface area contributed by atoms with Gasteiger partial charge in [-0.15, -0.1) is 0 Å². The number of fused-ring (bicyclic) bond motifs is 1. The predicted molar refractivity (Wildman–Crippen MR) is 86.2 cm³/mol. The largest absolute Gasteiger partial charge is 0.348 e. The average Bonchev–Trinajstić information content (AvgIpc) is 3.17. The molecule has 6 heteroatoms. The van der Waals surface area contributed by atoms with Crippen molar-refractivity contribution < 1.29 is 9.47 Å². The number of aryl methyl sites for hydroxylation is 1. The van der Waals surface area contributed by atoms with Crippen molar-refractivity contribution in [2.75, 3.05) is 13.2 Å². The average molecular weight is 320 g/mol. The van der Waals surface area contributed by atoms with Crippen LogP contribution in [0, 0.1) is 0 Å². The quantitative estimate of drug-likeness (QED) is 0.923. The van der Waals surface area contributed by atoms with E-state index >= 15 is 0 Å². The van der Waals surface area contributed by atoms with Gasteiger partial charge in [0.1, 0.15) is 5.82 Å². The van der Waals surface area contributed by atoms with Crippen LogP contribution in [0.3, 0.4) is 0 Å². The topological polar surface area (TPSA) is 61.2 Å². The summed E-state index contributed by atoms with van der Waals surface area (Å²) in [5.41, 5.74) is 0. The van der Waals surface area contributed by atoms with E-state index in [1.165, 1.54) is 0 Å². The molecule has 3 aliphatic rings. The van der Waals surface area contributed by atoms with Gasteiger partial charge >= 0.3 is 0 Å². The van der Waals surface area contributed by atoms with Crippen LogP contribution in [0.5, 0.6) is 0 Å². The Morgan fingerprint density at radius 2 is 1.87 bits per heavy atom. The molecule has 6 nitrogen and oxygen atoms in total. The lowest BCUT2D eigenvalue weighted by Gasteiger charge is -2.37. The van der Waals surface area contributed by atoms with Crippen LogP contribution in [0.15, 0.2) is 0 Å². The molecule has 0 unspecified atom stereocenters. The van der Waals surface area contributed by atoms with Crippen LogP contribution in [0.2, 0.25) is 0 Å². The zero-order valence-corrected chi connectivity index (χ0v) is 14.3. The van der Waals surface area contributed by atoms with Gasteiger partial charge in [0.05, 0.1) is 19.8 Å². The Bertz CT molecular complexity index is 541. The van der Waals surface area contributed by atoms with Gasteiger partial charge in [-0.3, -0.25) is 0 Å². The Labute approximate surface area is 137 Å². The van der Waals surface area contributed by atoms with Gasteiger partial charge in [-0.05, 0) is 19.3 Å². The number of rotatable bonds is 3. The molecule has 23 heavy (non-hydrogen) atoms. The van der Waals surface area contributed by atoms with Gasteiger partial charge in [-0.1, -0.05) is 13.8 Å². The smallest absolute Gasteiger partial charge is 0.168 e. The van der Waals surface area contributed by atoms with Gasteiger partial charge in [-0.25, -0.2) is 9.67 Å². The molecular formula is C17H28N4O2. The Morgan fingerprint density at radius 1 is 1.13 bits per heavy atom. The molecule has 1 N–H and O–H groups in total. The summed E-state index contributed by atoms with van der Waals surface area (Å²) in [4.78, 5) is 4.67. The minimum atomic E-state index is -0.254. The van der Waals surface area contributed by atoms with Gasteiger partial charge in [0.25, 0.3) is 0 Å². The third-order valence-electron chi connectivity index (χ3n) is 5.42. The molecule has 1 aliphatic carbocycles. The lowest BCUT2D eigenvalue weighted by atomic mass is 9.89. The van der Waals surface area contributed by atoms with E-state index in [9.17, 15) is 0 Å². The molecule has 0 radical (unpaired) electrons. The van der Waals surface area contributed by atoms with Crippen LogP contribution in [-0.4, -0.2) is 45.8 Å². The predicted octanol–water partition coefficient (Wildman–Crippen LogP) is 1.99. The summed E-state index contributed by atoms with van der Waals surface area (Å²) in [6.07, 6.45) is 6.49. The van der Waals surface area contributed by atoms with Gasteiger partial charge in [0, 0.05) is 37.3 Å². The highest BCUT2D eigenvalue weighted by molar-refractivity contribution is 5.01. The first-order valence-electron chi connectivity index (χ1n) is 9.11. The SMILES string of the molecule is CC(C)c1nc2n(n1)C[C@H](NC1CCC3(CC1)OCCO3)CC2. The molecule has 128 valence electrons. The van der Waals surface area contributed by atoms with Gasteiger partial charge in [0.2, 0.25) is 0 Å². The molecule has 2 aliphatic heterocycles.